The molecule has 0 aliphatic carbocycles. The first-order chi connectivity index (χ1) is 13.5. The maximum absolute atomic E-state index is 12.6. The lowest BCUT2D eigenvalue weighted by molar-refractivity contribution is 0.0730. The van der Waals surface area contributed by atoms with Crippen LogP contribution in [0.2, 0.25) is 0 Å². The van der Waals surface area contributed by atoms with E-state index in [9.17, 15) is 13.2 Å². The third-order valence-corrected chi connectivity index (χ3v) is 6.28. The van der Waals surface area contributed by atoms with Gasteiger partial charge in [0.15, 0.2) is 11.5 Å². The van der Waals surface area contributed by atoms with E-state index in [4.69, 9.17) is 14.2 Å². The minimum atomic E-state index is -3.58. The van der Waals surface area contributed by atoms with Crippen LogP contribution in [0.1, 0.15) is 10.4 Å². The molecular formula is C19H22N2O6S. The number of morpholine rings is 1. The van der Waals surface area contributed by atoms with Gasteiger partial charge in [-0.25, -0.2) is 8.42 Å². The lowest BCUT2D eigenvalue weighted by Gasteiger charge is -2.26. The highest BCUT2D eigenvalue weighted by Crippen LogP contribution is 2.31. The summed E-state index contributed by atoms with van der Waals surface area (Å²) in [7, 11) is -0.624. The van der Waals surface area contributed by atoms with Gasteiger partial charge in [0.25, 0.3) is 5.91 Å². The molecule has 2 aromatic rings. The van der Waals surface area contributed by atoms with Crippen LogP contribution in [0.5, 0.6) is 11.5 Å². The quantitative estimate of drug-likeness (QED) is 0.788. The highest BCUT2D eigenvalue weighted by atomic mass is 32.2. The van der Waals surface area contributed by atoms with Gasteiger partial charge in [0.2, 0.25) is 10.0 Å². The van der Waals surface area contributed by atoms with Crippen molar-refractivity contribution in [2.75, 3.05) is 45.8 Å². The van der Waals surface area contributed by atoms with Crippen molar-refractivity contribution in [2.24, 2.45) is 0 Å². The Bertz CT molecular complexity index is 937. The number of sulfonamides is 1. The Kier molecular flexibility index (Phi) is 6.18. The van der Waals surface area contributed by atoms with Gasteiger partial charge < -0.3 is 19.5 Å². The summed E-state index contributed by atoms with van der Waals surface area (Å²) in [5.74, 6) is 0.385. The Labute approximate surface area is 164 Å². The van der Waals surface area contributed by atoms with Crippen molar-refractivity contribution in [3.63, 3.8) is 0 Å². The van der Waals surface area contributed by atoms with Crippen molar-refractivity contribution < 1.29 is 27.4 Å². The van der Waals surface area contributed by atoms with Crippen LogP contribution in [0.3, 0.4) is 0 Å². The van der Waals surface area contributed by atoms with Gasteiger partial charge in [0, 0.05) is 18.8 Å². The fourth-order valence-corrected chi connectivity index (χ4v) is 4.32. The molecule has 28 heavy (non-hydrogen) atoms. The van der Waals surface area contributed by atoms with Crippen molar-refractivity contribution >= 4 is 21.6 Å². The highest BCUT2D eigenvalue weighted by molar-refractivity contribution is 7.89. The normalized spacial score (nSPS) is 15.1. The molecule has 2 aromatic carbocycles. The van der Waals surface area contributed by atoms with Gasteiger partial charge in [-0.3, -0.25) is 4.79 Å². The number of nitrogens with one attached hydrogen (secondary N) is 1. The molecule has 1 heterocycles. The lowest BCUT2D eigenvalue weighted by atomic mass is 10.1. The maximum Gasteiger partial charge on any atom is 0.259 e. The van der Waals surface area contributed by atoms with Gasteiger partial charge in [0.05, 0.1) is 37.9 Å². The number of carbonyl (C=O) groups is 1. The van der Waals surface area contributed by atoms with Crippen LogP contribution in [0.25, 0.3) is 0 Å². The molecule has 1 saturated heterocycles. The second-order valence-corrected chi connectivity index (χ2v) is 7.97. The molecule has 0 atom stereocenters. The lowest BCUT2D eigenvalue weighted by Crippen LogP contribution is -2.40. The van der Waals surface area contributed by atoms with Crippen molar-refractivity contribution in [3.8, 4) is 11.5 Å². The molecule has 1 N–H and O–H groups in total. The summed E-state index contributed by atoms with van der Waals surface area (Å²) in [6.45, 7) is 1.43. The summed E-state index contributed by atoms with van der Waals surface area (Å²) >= 11 is 0. The second kappa shape index (κ2) is 8.59. The topological polar surface area (TPSA) is 94.2 Å². The third kappa shape index (κ3) is 4.11. The molecular weight excluding hydrogens is 384 g/mol. The number of anilines is 1. The average Bonchev–Trinajstić information content (AvgIpc) is 2.74. The Morgan fingerprint density at radius 3 is 2.32 bits per heavy atom. The SMILES string of the molecule is COc1cccc(C(=O)Nc2ccc(S(=O)(=O)N3CCOCC3)cc2)c1OC. The van der Waals surface area contributed by atoms with E-state index in [0.29, 0.717) is 49.1 Å². The van der Waals surface area contributed by atoms with Crippen molar-refractivity contribution in [1.82, 2.24) is 4.31 Å². The largest absolute Gasteiger partial charge is 0.493 e. The van der Waals surface area contributed by atoms with E-state index in [2.05, 4.69) is 5.32 Å². The molecule has 1 amide bonds. The molecule has 0 saturated carbocycles. The van der Waals surface area contributed by atoms with Crippen LogP contribution >= 0.6 is 0 Å². The zero-order chi connectivity index (χ0) is 20.1. The van der Waals surface area contributed by atoms with E-state index in [1.165, 1.54) is 30.7 Å². The fraction of sp³-hybridized carbons (Fsp3) is 0.316. The van der Waals surface area contributed by atoms with Gasteiger partial charge in [-0.05, 0) is 36.4 Å². The minimum absolute atomic E-state index is 0.173. The van der Waals surface area contributed by atoms with E-state index < -0.39 is 10.0 Å². The maximum atomic E-state index is 12.6. The summed E-state index contributed by atoms with van der Waals surface area (Å²) in [5.41, 5.74) is 0.780. The first kappa shape index (κ1) is 20.1. The van der Waals surface area contributed by atoms with E-state index in [-0.39, 0.29) is 10.8 Å². The van der Waals surface area contributed by atoms with Gasteiger partial charge >= 0.3 is 0 Å². The molecule has 1 aliphatic heterocycles. The molecule has 8 nitrogen and oxygen atoms in total. The zero-order valence-corrected chi connectivity index (χ0v) is 16.5. The summed E-state index contributed by atoms with van der Waals surface area (Å²) in [6, 6.07) is 11.1. The molecule has 1 fully saturated rings. The number of carbonyl (C=O) groups excluding carboxylic acids is 1. The van der Waals surface area contributed by atoms with E-state index in [0.717, 1.165) is 0 Å². The standard InChI is InChI=1S/C19H22N2O6S/c1-25-17-5-3-4-16(18(17)26-2)19(22)20-14-6-8-15(9-7-14)28(23,24)21-10-12-27-13-11-21/h3-9H,10-13H2,1-2H3,(H,20,22). The molecule has 0 unspecified atom stereocenters. The summed E-state index contributed by atoms with van der Waals surface area (Å²) in [4.78, 5) is 12.8. The Morgan fingerprint density at radius 1 is 1.04 bits per heavy atom. The number of hydrogen-bond donors (Lipinski definition) is 1. The molecule has 1 aliphatic rings. The molecule has 3 rings (SSSR count). The number of para-hydroxylation sites is 1. The zero-order valence-electron chi connectivity index (χ0n) is 15.7. The minimum Gasteiger partial charge on any atom is -0.493 e. The van der Waals surface area contributed by atoms with Crippen LogP contribution in [0.4, 0.5) is 5.69 Å². The predicted octanol–water partition coefficient (Wildman–Crippen LogP) is 1.98. The van der Waals surface area contributed by atoms with Crippen LogP contribution in [0, 0.1) is 0 Å². The first-order valence-corrected chi connectivity index (χ1v) is 10.1. The van der Waals surface area contributed by atoms with Crippen molar-refractivity contribution in [3.05, 3.63) is 48.0 Å². The third-order valence-electron chi connectivity index (χ3n) is 4.37. The highest BCUT2D eigenvalue weighted by Gasteiger charge is 2.26. The van der Waals surface area contributed by atoms with Crippen molar-refractivity contribution in [2.45, 2.75) is 4.90 Å². The molecule has 0 spiro atoms. The fourth-order valence-electron chi connectivity index (χ4n) is 2.91. The number of amides is 1. The summed E-state index contributed by atoms with van der Waals surface area (Å²) in [6.07, 6.45) is 0. The molecule has 0 radical (unpaired) electrons. The van der Waals surface area contributed by atoms with Crippen LogP contribution in [0.15, 0.2) is 47.4 Å². The Balaban J connectivity index is 1.77. The smallest absolute Gasteiger partial charge is 0.259 e. The van der Waals surface area contributed by atoms with Gasteiger partial charge in [-0.15, -0.1) is 0 Å². The van der Waals surface area contributed by atoms with E-state index in [1.807, 2.05) is 0 Å². The Hall–Kier alpha value is -2.62. The monoisotopic (exact) mass is 406 g/mol. The molecule has 150 valence electrons. The average molecular weight is 406 g/mol. The van der Waals surface area contributed by atoms with Crippen LogP contribution < -0.4 is 14.8 Å². The summed E-state index contributed by atoms with van der Waals surface area (Å²) < 4.78 is 42.4. The number of hydrogen-bond acceptors (Lipinski definition) is 6. The Morgan fingerprint density at radius 2 is 1.71 bits per heavy atom. The predicted molar refractivity (Wildman–Crippen MR) is 104 cm³/mol. The number of nitrogens with zero attached hydrogens (tertiary/aromatic N) is 1. The second-order valence-electron chi connectivity index (χ2n) is 6.04. The van der Waals surface area contributed by atoms with Crippen molar-refractivity contribution in [1.29, 1.82) is 0 Å². The number of benzene rings is 2. The van der Waals surface area contributed by atoms with E-state index >= 15 is 0 Å². The first-order valence-electron chi connectivity index (χ1n) is 8.67. The van der Waals surface area contributed by atoms with Gasteiger partial charge in [-0.2, -0.15) is 4.31 Å². The van der Waals surface area contributed by atoms with Gasteiger partial charge in [-0.1, -0.05) is 6.07 Å². The number of ether oxygens (including phenoxy) is 3. The van der Waals surface area contributed by atoms with Crippen LogP contribution in [-0.2, 0) is 14.8 Å². The molecule has 0 aromatic heterocycles. The van der Waals surface area contributed by atoms with Gasteiger partial charge in [0.1, 0.15) is 0 Å². The molecule has 9 heteroatoms. The summed E-state index contributed by atoms with van der Waals surface area (Å²) in [5, 5.41) is 2.74. The van der Waals surface area contributed by atoms with E-state index in [1.54, 1.807) is 30.3 Å². The number of methoxy groups -OCH3 is 2. The number of rotatable bonds is 6. The van der Waals surface area contributed by atoms with Crippen LogP contribution in [-0.4, -0.2) is 59.2 Å². The molecule has 0 bridgehead atoms.